The fourth-order valence-electron chi connectivity index (χ4n) is 6.09. The summed E-state index contributed by atoms with van der Waals surface area (Å²) in [7, 11) is 0. The molecular weight excluding hydrogens is 805 g/mol. The first-order valence-electron chi connectivity index (χ1n) is 25.3. The molecule has 0 heterocycles. The molecule has 65 heavy (non-hydrogen) atoms. The summed E-state index contributed by atoms with van der Waals surface area (Å²) < 4.78 is 16.6. The molecule has 0 rings (SSSR count). The summed E-state index contributed by atoms with van der Waals surface area (Å²) in [6.07, 6.45) is 74.4. The molecule has 0 aliphatic carbocycles. The summed E-state index contributed by atoms with van der Waals surface area (Å²) in [6, 6.07) is 0. The van der Waals surface area contributed by atoms with Crippen molar-refractivity contribution in [3.05, 3.63) is 146 Å². The number of ether oxygens (including phenoxy) is 3. The molecule has 0 fully saturated rings. The minimum absolute atomic E-state index is 0.117. The summed E-state index contributed by atoms with van der Waals surface area (Å²) in [6.45, 7) is 6.22. The summed E-state index contributed by atoms with van der Waals surface area (Å²) in [4.78, 5) is 37.7. The Morgan fingerprint density at radius 2 is 0.600 bits per heavy atom. The van der Waals surface area contributed by atoms with Gasteiger partial charge in [-0.1, -0.05) is 192 Å². The van der Waals surface area contributed by atoms with E-state index < -0.39 is 6.10 Å². The van der Waals surface area contributed by atoms with E-state index in [1.54, 1.807) is 0 Å². The molecule has 0 spiro atoms. The number of hydrogen-bond acceptors (Lipinski definition) is 6. The molecule has 6 heteroatoms. The molecule has 0 radical (unpaired) electrons. The van der Waals surface area contributed by atoms with Crippen LogP contribution in [-0.4, -0.2) is 37.2 Å². The van der Waals surface area contributed by atoms with Crippen molar-refractivity contribution in [1.82, 2.24) is 0 Å². The third-order valence-electron chi connectivity index (χ3n) is 9.84. The van der Waals surface area contributed by atoms with Gasteiger partial charge in [-0.2, -0.15) is 0 Å². The number of unbranched alkanes of at least 4 members (excludes halogenated alkanes) is 8. The van der Waals surface area contributed by atoms with Crippen molar-refractivity contribution in [1.29, 1.82) is 0 Å². The molecule has 0 saturated carbocycles. The molecule has 6 nitrogen and oxygen atoms in total. The van der Waals surface area contributed by atoms with Crippen molar-refractivity contribution in [2.45, 2.75) is 194 Å². The maximum Gasteiger partial charge on any atom is 0.306 e. The van der Waals surface area contributed by atoms with Crippen LogP contribution in [0.4, 0.5) is 0 Å². The van der Waals surface area contributed by atoms with Crippen LogP contribution >= 0.6 is 0 Å². The largest absolute Gasteiger partial charge is 0.462 e. The van der Waals surface area contributed by atoms with Crippen LogP contribution in [0, 0.1) is 0 Å². The molecule has 0 aromatic heterocycles. The van der Waals surface area contributed by atoms with Crippen molar-refractivity contribution < 1.29 is 28.6 Å². The zero-order valence-corrected chi connectivity index (χ0v) is 41.2. The van der Waals surface area contributed by atoms with Crippen LogP contribution in [0.2, 0.25) is 0 Å². The van der Waals surface area contributed by atoms with E-state index in [4.69, 9.17) is 14.2 Å². The van der Waals surface area contributed by atoms with E-state index in [9.17, 15) is 14.4 Å². The molecule has 0 saturated heterocycles. The highest BCUT2D eigenvalue weighted by Gasteiger charge is 2.19. The zero-order valence-electron chi connectivity index (χ0n) is 41.2. The maximum absolute atomic E-state index is 12.7. The Hall–Kier alpha value is -4.71. The molecule has 0 bridgehead atoms. The van der Waals surface area contributed by atoms with E-state index in [0.29, 0.717) is 19.3 Å². The first kappa shape index (κ1) is 60.3. The average Bonchev–Trinajstić information content (AvgIpc) is 3.30. The van der Waals surface area contributed by atoms with E-state index in [1.165, 1.54) is 0 Å². The van der Waals surface area contributed by atoms with Gasteiger partial charge in [-0.15, -0.1) is 0 Å². The van der Waals surface area contributed by atoms with Gasteiger partial charge in [0.2, 0.25) is 0 Å². The Labute approximate surface area is 397 Å². The van der Waals surface area contributed by atoms with Gasteiger partial charge in [0.15, 0.2) is 6.10 Å². The Balaban J connectivity index is 4.39. The van der Waals surface area contributed by atoms with E-state index >= 15 is 0 Å². The molecule has 0 aliphatic heterocycles. The van der Waals surface area contributed by atoms with Crippen molar-refractivity contribution in [2.75, 3.05) is 13.2 Å². The fourth-order valence-corrected chi connectivity index (χ4v) is 6.09. The average molecular weight is 895 g/mol. The van der Waals surface area contributed by atoms with Crippen LogP contribution in [-0.2, 0) is 28.6 Å². The molecule has 0 aromatic carbocycles. The molecule has 0 aromatic rings. The highest BCUT2D eigenvalue weighted by Crippen LogP contribution is 2.10. The van der Waals surface area contributed by atoms with Crippen molar-refractivity contribution in [3.63, 3.8) is 0 Å². The SMILES string of the molecule is CC/C=C\C/C=C\C/C=C\C/C=C\C/C=C\C/C=C\CCCCC(=O)OCC(COC(=O)CCCCCCC)OC(=O)CCCC/C=C\C/C=C\C/C=C\C/C=C\C/C=C\C/C=C\CC. The standard InChI is InChI=1S/C59H90O6/c1-4-7-10-13-15-17-19-21-23-25-27-29-31-33-35-37-39-41-43-46-49-52-58(61)64-55-56(54-63-57(60)51-48-45-12-9-6-3)65-59(62)53-50-47-44-42-40-38-36-34-32-30-28-26-24-22-20-18-16-14-11-8-5-2/h7-8,10-11,15-18,21-24,27-30,33-36,39-42,56H,4-6,9,12-14,19-20,25-26,31-32,37-38,43-55H2,1-3H3/b10-7-,11-8-,17-15-,18-16-,23-21-,24-22-,29-27-,30-28-,35-33-,36-34-,41-39-,42-40-. The number of allylic oxidation sites excluding steroid dienone is 24. The summed E-state index contributed by atoms with van der Waals surface area (Å²) >= 11 is 0. The molecule has 0 amide bonds. The quantitative estimate of drug-likeness (QED) is 0.0263. The first-order valence-corrected chi connectivity index (χ1v) is 25.3. The molecule has 1 atom stereocenters. The predicted molar refractivity (Wildman–Crippen MR) is 279 cm³/mol. The lowest BCUT2D eigenvalue weighted by Crippen LogP contribution is -2.30. The van der Waals surface area contributed by atoms with E-state index in [0.717, 1.165) is 135 Å². The van der Waals surface area contributed by atoms with Gasteiger partial charge in [0, 0.05) is 19.3 Å². The fraction of sp³-hybridized carbons (Fsp3) is 0.542. The maximum atomic E-state index is 12.7. The van der Waals surface area contributed by atoms with Gasteiger partial charge in [-0.25, -0.2) is 0 Å². The van der Waals surface area contributed by atoms with E-state index in [2.05, 4.69) is 167 Å². The third-order valence-corrected chi connectivity index (χ3v) is 9.84. The minimum Gasteiger partial charge on any atom is -0.462 e. The van der Waals surface area contributed by atoms with Crippen LogP contribution in [0.15, 0.2) is 146 Å². The van der Waals surface area contributed by atoms with Gasteiger partial charge >= 0.3 is 17.9 Å². The van der Waals surface area contributed by atoms with Gasteiger partial charge in [0.25, 0.3) is 0 Å². The van der Waals surface area contributed by atoms with Crippen LogP contribution in [0.1, 0.15) is 188 Å². The van der Waals surface area contributed by atoms with Crippen molar-refractivity contribution >= 4 is 17.9 Å². The lowest BCUT2D eigenvalue weighted by Gasteiger charge is -2.18. The molecule has 362 valence electrons. The minimum atomic E-state index is -0.822. The zero-order chi connectivity index (χ0) is 47.2. The second kappa shape index (κ2) is 51.9. The van der Waals surface area contributed by atoms with Gasteiger partial charge in [-0.3, -0.25) is 14.4 Å². The lowest BCUT2D eigenvalue weighted by atomic mass is 10.1. The predicted octanol–water partition coefficient (Wildman–Crippen LogP) is 16.9. The molecule has 0 aliphatic rings. The second-order valence-corrected chi connectivity index (χ2v) is 16.0. The van der Waals surface area contributed by atoms with E-state index in [1.807, 2.05) is 0 Å². The Kier molecular flexibility index (Phi) is 48.2. The van der Waals surface area contributed by atoms with Crippen LogP contribution in [0.5, 0.6) is 0 Å². The van der Waals surface area contributed by atoms with Gasteiger partial charge < -0.3 is 14.2 Å². The highest BCUT2D eigenvalue weighted by molar-refractivity contribution is 5.71. The van der Waals surface area contributed by atoms with Crippen LogP contribution in [0.3, 0.4) is 0 Å². The first-order chi connectivity index (χ1) is 32.0. The van der Waals surface area contributed by atoms with Gasteiger partial charge in [-0.05, 0) is 122 Å². The third kappa shape index (κ3) is 50.2. The van der Waals surface area contributed by atoms with Crippen LogP contribution in [0.25, 0.3) is 0 Å². The number of carbonyl (C=O) groups excluding carboxylic acids is 3. The summed E-state index contributed by atoms with van der Waals surface area (Å²) in [5, 5.41) is 0. The number of rotatable bonds is 43. The second-order valence-electron chi connectivity index (χ2n) is 16.0. The normalized spacial score (nSPS) is 13.3. The molecule has 0 N–H and O–H groups in total. The Morgan fingerprint density at radius 1 is 0.323 bits per heavy atom. The Morgan fingerprint density at radius 3 is 0.923 bits per heavy atom. The Bertz CT molecular complexity index is 1490. The molecule has 1 unspecified atom stereocenters. The van der Waals surface area contributed by atoms with Crippen molar-refractivity contribution in [3.8, 4) is 0 Å². The van der Waals surface area contributed by atoms with Gasteiger partial charge in [0.05, 0.1) is 0 Å². The van der Waals surface area contributed by atoms with E-state index in [-0.39, 0.29) is 44.0 Å². The lowest BCUT2D eigenvalue weighted by molar-refractivity contribution is -0.167. The summed E-state index contributed by atoms with van der Waals surface area (Å²) in [5.74, 6) is -1.03. The summed E-state index contributed by atoms with van der Waals surface area (Å²) in [5.41, 5.74) is 0. The number of hydrogen-bond donors (Lipinski definition) is 0. The molecular formula is C59H90O6. The number of carbonyl (C=O) groups is 3. The van der Waals surface area contributed by atoms with Crippen LogP contribution < -0.4 is 0 Å². The highest BCUT2D eigenvalue weighted by atomic mass is 16.6. The van der Waals surface area contributed by atoms with Gasteiger partial charge in [0.1, 0.15) is 13.2 Å². The topological polar surface area (TPSA) is 78.9 Å². The number of esters is 3. The smallest absolute Gasteiger partial charge is 0.306 e. The monoisotopic (exact) mass is 895 g/mol. The van der Waals surface area contributed by atoms with Crippen molar-refractivity contribution in [2.24, 2.45) is 0 Å².